The van der Waals surface area contributed by atoms with Gasteiger partial charge in [0.15, 0.2) is 0 Å². The summed E-state index contributed by atoms with van der Waals surface area (Å²) in [5, 5.41) is 5.24. The van der Waals surface area contributed by atoms with Crippen molar-refractivity contribution in [1.82, 2.24) is 0 Å². The Morgan fingerprint density at radius 3 is 2.11 bits per heavy atom. The number of rotatable bonds is 8. The van der Waals surface area contributed by atoms with Gasteiger partial charge in [-0.1, -0.05) is 17.7 Å². The maximum Gasteiger partial charge on any atom is 0.237 e. The molecule has 0 heterocycles. The van der Waals surface area contributed by atoms with Gasteiger partial charge in [0.1, 0.15) is 11.5 Å². The van der Waals surface area contributed by atoms with E-state index in [0.29, 0.717) is 17.2 Å². The summed E-state index contributed by atoms with van der Waals surface area (Å²) in [5.74, 6) is 1.01. The molecule has 2 aromatic carbocycles. The van der Waals surface area contributed by atoms with Crippen molar-refractivity contribution in [2.75, 3.05) is 30.6 Å². The number of ether oxygens (including phenoxy) is 2. The number of amides is 2. The first-order chi connectivity index (χ1) is 12.9. The van der Waals surface area contributed by atoms with Crippen LogP contribution in [0.25, 0.3) is 0 Å². The Hall–Kier alpha value is -2.67. The fourth-order valence-electron chi connectivity index (χ4n) is 2.23. The first-order valence-corrected chi connectivity index (χ1v) is 9.48. The molecule has 0 saturated carbocycles. The van der Waals surface area contributed by atoms with Gasteiger partial charge in [0.05, 0.1) is 25.2 Å². The monoisotopic (exact) mass is 388 g/mol. The smallest absolute Gasteiger partial charge is 0.237 e. The Morgan fingerprint density at radius 1 is 0.963 bits per heavy atom. The van der Waals surface area contributed by atoms with Crippen LogP contribution in [-0.2, 0) is 9.59 Å². The Bertz CT molecular complexity index is 771. The molecule has 27 heavy (non-hydrogen) atoms. The SMILES string of the molecule is COc1cc(NC(=O)[C@@H](C)SCC(=O)Nc2ccc(C)cc2)cc(OC)c1. The summed E-state index contributed by atoms with van der Waals surface area (Å²) in [4.78, 5) is 24.4. The van der Waals surface area contributed by atoms with E-state index in [2.05, 4.69) is 10.6 Å². The zero-order valence-electron chi connectivity index (χ0n) is 15.9. The van der Waals surface area contributed by atoms with Gasteiger partial charge in [0.2, 0.25) is 11.8 Å². The number of carbonyl (C=O) groups is 2. The van der Waals surface area contributed by atoms with Gasteiger partial charge in [-0.05, 0) is 26.0 Å². The lowest BCUT2D eigenvalue weighted by Crippen LogP contribution is -2.25. The van der Waals surface area contributed by atoms with Gasteiger partial charge >= 0.3 is 0 Å². The van der Waals surface area contributed by atoms with Crippen LogP contribution in [0.2, 0.25) is 0 Å². The average Bonchev–Trinajstić information content (AvgIpc) is 2.67. The van der Waals surface area contributed by atoms with Gasteiger partial charge in [-0.25, -0.2) is 0 Å². The van der Waals surface area contributed by atoms with E-state index >= 15 is 0 Å². The number of anilines is 2. The number of thioether (sulfide) groups is 1. The zero-order chi connectivity index (χ0) is 19.8. The predicted molar refractivity (Wildman–Crippen MR) is 110 cm³/mol. The molecule has 0 unspecified atom stereocenters. The summed E-state index contributed by atoms with van der Waals surface area (Å²) >= 11 is 1.27. The molecule has 0 aliphatic rings. The highest BCUT2D eigenvalue weighted by Gasteiger charge is 2.16. The molecule has 0 aromatic heterocycles. The highest BCUT2D eigenvalue weighted by Crippen LogP contribution is 2.26. The van der Waals surface area contributed by atoms with E-state index in [4.69, 9.17) is 9.47 Å². The third-order valence-electron chi connectivity index (χ3n) is 3.79. The number of methoxy groups -OCH3 is 2. The van der Waals surface area contributed by atoms with Crippen LogP contribution < -0.4 is 20.1 Å². The van der Waals surface area contributed by atoms with Crippen LogP contribution in [0.5, 0.6) is 11.5 Å². The summed E-state index contributed by atoms with van der Waals surface area (Å²) in [6.45, 7) is 3.75. The van der Waals surface area contributed by atoms with E-state index in [1.165, 1.54) is 11.8 Å². The highest BCUT2D eigenvalue weighted by molar-refractivity contribution is 8.01. The van der Waals surface area contributed by atoms with E-state index < -0.39 is 5.25 Å². The second-order valence-electron chi connectivity index (χ2n) is 5.96. The van der Waals surface area contributed by atoms with Gasteiger partial charge in [-0.15, -0.1) is 11.8 Å². The van der Waals surface area contributed by atoms with Gasteiger partial charge in [-0.2, -0.15) is 0 Å². The molecule has 0 bridgehead atoms. The molecule has 144 valence electrons. The Labute approximate surface area is 163 Å². The minimum Gasteiger partial charge on any atom is -0.497 e. The normalized spacial score (nSPS) is 11.4. The molecule has 2 aromatic rings. The first kappa shape index (κ1) is 20.6. The summed E-state index contributed by atoms with van der Waals surface area (Å²) < 4.78 is 10.4. The van der Waals surface area contributed by atoms with Crippen molar-refractivity contribution in [3.63, 3.8) is 0 Å². The van der Waals surface area contributed by atoms with Gasteiger partial charge < -0.3 is 20.1 Å². The molecule has 0 radical (unpaired) electrons. The quantitative estimate of drug-likeness (QED) is 0.721. The molecule has 2 rings (SSSR count). The lowest BCUT2D eigenvalue weighted by atomic mass is 10.2. The number of hydrogen-bond donors (Lipinski definition) is 2. The maximum absolute atomic E-state index is 12.4. The predicted octanol–water partition coefficient (Wildman–Crippen LogP) is 3.71. The molecular formula is C20H24N2O4S. The minimum absolute atomic E-state index is 0.147. The molecule has 1 atom stereocenters. The molecule has 0 fully saturated rings. The van der Waals surface area contributed by atoms with E-state index in [0.717, 1.165) is 11.3 Å². The topological polar surface area (TPSA) is 76.7 Å². The van der Waals surface area contributed by atoms with Crippen molar-refractivity contribution in [1.29, 1.82) is 0 Å². The zero-order valence-corrected chi connectivity index (χ0v) is 16.7. The van der Waals surface area contributed by atoms with Gasteiger partial charge in [0.25, 0.3) is 0 Å². The van der Waals surface area contributed by atoms with Crippen LogP contribution in [0.1, 0.15) is 12.5 Å². The Morgan fingerprint density at radius 2 is 1.56 bits per heavy atom. The second kappa shape index (κ2) is 9.87. The molecule has 6 nitrogen and oxygen atoms in total. The molecule has 2 amide bonds. The van der Waals surface area contributed by atoms with Crippen LogP contribution in [0, 0.1) is 6.92 Å². The molecule has 0 aliphatic carbocycles. The standard InChI is InChI=1S/C20H24N2O4S/c1-13-5-7-15(8-6-13)21-19(23)12-27-14(2)20(24)22-16-9-17(25-3)11-18(10-16)26-4/h5-11,14H,12H2,1-4H3,(H,21,23)(H,22,24)/t14-/m1/s1. The molecule has 0 spiro atoms. The number of carbonyl (C=O) groups excluding carboxylic acids is 2. The summed E-state index contributed by atoms with van der Waals surface area (Å²) in [6.07, 6.45) is 0. The van der Waals surface area contributed by atoms with Crippen LogP contribution in [-0.4, -0.2) is 37.0 Å². The average molecular weight is 388 g/mol. The number of nitrogens with one attached hydrogen (secondary N) is 2. The van der Waals surface area contributed by atoms with Crippen molar-refractivity contribution >= 4 is 35.0 Å². The lowest BCUT2D eigenvalue weighted by molar-refractivity contribution is -0.115. The molecular weight excluding hydrogens is 364 g/mol. The number of hydrogen-bond acceptors (Lipinski definition) is 5. The van der Waals surface area contributed by atoms with Crippen LogP contribution in [0.3, 0.4) is 0 Å². The van der Waals surface area contributed by atoms with E-state index in [1.54, 1.807) is 39.3 Å². The van der Waals surface area contributed by atoms with Crippen molar-refractivity contribution in [2.45, 2.75) is 19.1 Å². The Kier molecular flexibility index (Phi) is 7.55. The summed E-state index contributed by atoms with van der Waals surface area (Å²) in [5.41, 5.74) is 2.45. The van der Waals surface area contributed by atoms with Gasteiger partial charge in [-0.3, -0.25) is 9.59 Å². The highest BCUT2D eigenvalue weighted by atomic mass is 32.2. The largest absolute Gasteiger partial charge is 0.497 e. The lowest BCUT2D eigenvalue weighted by Gasteiger charge is -2.14. The third-order valence-corrected chi connectivity index (χ3v) is 4.93. The van der Waals surface area contributed by atoms with Crippen LogP contribution in [0.15, 0.2) is 42.5 Å². The fraction of sp³-hybridized carbons (Fsp3) is 0.300. The summed E-state index contributed by atoms with van der Waals surface area (Å²) in [6, 6.07) is 12.7. The third kappa shape index (κ3) is 6.53. The number of benzene rings is 2. The molecule has 0 aliphatic heterocycles. The first-order valence-electron chi connectivity index (χ1n) is 8.43. The molecule has 7 heteroatoms. The second-order valence-corrected chi connectivity index (χ2v) is 7.29. The summed E-state index contributed by atoms with van der Waals surface area (Å²) in [7, 11) is 3.09. The van der Waals surface area contributed by atoms with E-state index in [9.17, 15) is 9.59 Å². The van der Waals surface area contributed by atoms with Crippen LogP contribution in [0.4, 0.5) is 11.4 Å². The number of aryl methyl sites for hydroxylation is 1. The van der Waals surface area contributed by atoms with Crippen molar-refractivity contribution in [3.8, 4) is 11.5 Å². The van der Waals surface area contributed by atoms with Crippen molar-refractivity contribution in [2.24, 2.45) is 0 Å². The maximum atomic E-state index is 12.4. The van der Waals surface area contributed by atoms with Crippen LogP contribution >= 0.6 is 11.8 Å². The van der Waals surface area contributed by atoms with E-state index in [1.807, 2.05) is 31.2 Å². The minimum atomic E-state index is -0.397. The van der Waals surface area contributed by atoms with Gasteiger partial charge in [0, 0.05) is 29.6 Å². The van der Waals surface area contributed by atoms with E-state index in [-0.39, 0.29) is 17.6 Å². The Balaban J connectivity index is 1.86. The molecule has 0 saturated heterocycles. The van der Waals surface area contributed by atoms with Crippen molar-refractivity contribution in [3.05, 3.63) is 48.0 Å². The molecule has 2 N–H and O–H groups in total. The van der Waals surface area contributed by atoms with Crippen molar-refractivity contribution < 1.29 is 19.1 Å². The fourth-order valence-corrected chi connectivity index (χ4v) is 2.92.